The molecule has 2 heterocycles. The van der Waals surface area contributed by atoms with Gasteiger partial charge in [-0.2, -0.15) is 22.0 Å². The molecule has 2 rings (SSSR count). The van der Waals surface area contributed by atoms with Crippen molar-refractivity contribution >= 4 is 0 Å². The molecule has 0 bridgehead atoms. The minimum Gasteiger partial charge on any atom is -0.243 e. The van der Waals surface area contributed by atoms with Crippen molar-refractivity contribution in [2.45, 2.75) is 6.05 Å². The Labute approximate surface area is 98.1 Å². The molecule has 0 N–H and O–H groups in total. The molecule has 0 saturated heterocycles. The summed E-state index contributed by atoms with van der Waals surface area (Å²) in [5.41, 5.74) is -2.26. The van der Waals surface area contributed by atoms with Crippen LogP contribution in [0.25, 0.3) is 0 Å². The second-order valence-electron chi connectivity index (χ2n) is 3.40. The number of halogens is 9. The first-order valence-electron chi connectivity index (χ1n) is 4.37. The van der Waals surface area contributed by atoms with Crippen molar-refractivity contribution in [2.75, 3.05) is 0 Å². The molecule has 0 unspecified atom stereocenters. The average Bonchev–Trinajstić information content (AvgIpc) is 2.35. The lowest BCUT2D eigenvalue weighted by Gasteiger charge is -2.35. The number of fused-ring (bicyclic) bond motifs is 1. The van der Waals surface area contributed by atoms with Crippen molar-refractivity contribution in [1.29, 1.82) is 0 Å². The van der Waals surface area contributed by atoms with Gasteiger partial charge >= 0.3 is 6.05 Å². The van der Waals surface area contributed by atoms with Gasteiger partial charge in [-0.05, 0) is 0 Å². The van der Waals surface area contributed by atoms with E-state index in [1.165, 1.54) is 0 Å². The Bertz CT molecular complexity index is 595. The van der Waals surface area contributed by atoms with E-state index in [4.69, 9.17) is 0 Å². The topological polar surface area (TPSA) is 3.24 Å². The molecule has 104 valence electrons. The van der Waals surface area contributed by atoms with E-state index in [9.17, 15) is 39.5 Å². The molecule has 0 aromatic heterocycles. The predicted molar refractivity (Wildman–Crippen MR) is 42.6 cm³/mol. The standard InChI is InChI=1S/C9F9N/c10-1-2(11)6-3(12)4(13)7(15)9(17,18)19(6)8(16)5(1)14. The van der Waals surface area contributed by atoms with Crippen molar-refractivity contribution in [3.63, 3.8) is 0 Å². The Morgan fingerprint density at radius 2 is 1.16 bits per heavy atom. The highest BCUT2D eigenvalue weighted by Gasteiger charge is 2.57. The van der Waals surface area contributed by atoms with Crippen LogP contribution in [0.5, 0.6) is 0 Å². The summed E-state index contributed by atoms with van der Waals surface area (Å²) in [4.78, 5) is -1.44. The maximum atomic E-state index is 13.2. The van der Waals surface area contributed by atoms with E-state index in [-0.39, 0.29) is 0 Å². The normalized spacial score (nSPS) is 23.5. The lowest BCUT2D eigenvalue weighted by molar-refractivity contribution is -0.113. The van der Waals surface area contributed by atoms with Crippen LogP contribution in [0.15, 0.2) is 46.6 Å². The Morgan fingerprint density at radius 3 is 1.68 bits per heavy atom. The van der Waals surface area contributed by atoms with Gasteiger partial charge in [0.25, 0.3) is 0 Å². The average molecular weight is 293 g/mol. The Hall–Kier alpha value is -1.87. The lowest BCUT2D eigenvalue weighted by atomic mass is 10.1. The fraction of sp³-hybridized carbons (Fsp3) is 0.111. The zero-order valence-corrected chi connectivity index (χ0v) is 8.35. The van der Waals surface area contributed by atoms with E-state index >= 15 is 0 Å². The Kier molecular flexibility index (Phi) is 2.72. The first-order valence-corrected chi connectivity index (χ1v) is 4.37. The lowest BCUT2D eigenvalue weighted by Crippen LogP contribution is -2.45. The summed E-state index contributed by atoms with van der Waals surface area (Å²) in [6, 6.07) is -5.24. The molecule has 0 aliphatic carbocycles. The highest BCUT2D eigenvalue weighted by atomic mass is 19.3. The van der Waals surface area contributed by atoms with Crippen LogP contribution in [0.2, 0.25) is 0 Å². The summed E-state index contributed by atoms with van der Waals surface area (Å²) in [6.45, 7) is 0. The molecule has 0 aromatic rings. The van der Waals surface area contributed by atoms with E-state index in [0.717, 1.165) is 0 Å². The number of nitrogens with zero attached hydrogens (tertiary/aromatic N) is 1. The van der Waals surface area contributed by atoms with Crippen LogP contribution in [0.4, 0.5) is 39.5 Å². The fourth-order valence-corrected chi connectivity index (χ4v) is 1.47. The molecule has 0 atom stereocenters. The van der Waals surface area contributed by atoms with Gasteiger partial charge in [-0.25, -0.2) is 22.5 Å². The second kappa shape index (κ2) is 3.81. The second-order valence-corrected chi connectivity index (χ2v) is 3.40. The first-order chi connectivity index (χ1) is 8.62. The fourth-order valence-electron chi connectivity index (χ4n) is 1.47. The highest BCUT2D eigenvalue weighted by molar-refractivity contribution is 5.50. The summed E-state index contributed by atoms with van der Waals surface area (Å²) in [5, 5.41) is 0. The van der Waals surface area contributed by atoms with Crippen LogP contribution in [-0.2, 0) is 0 Å². The van der Waals surface area contributed by atoms with Gasteiger partial charge in [0, 0.05) is 0 Å². The summed E-state index contributed by atoms with van der Waals surface area (Å²) in [5.74, 6) is -19.3. The maximum absolute atomic E-state index is 13.2. The number of hydrogen-bond acceptors (Lipinski definition) is 1. The van der Waals surface area contributed by atoms with Crippen LogP contribution in [0.1, 0.15) is 0 Å². The molecule has 0 fully saturated rings. The Balaban J connectivity index is 2.85. The quantitative estimate of drug-likeness (QED) is 0.469. The monoisotopic (exact) mass is 293 g/mol. The number of allylic oxidation sites excluding steroid dienone is 5. The van der Waals surface area contributed by atoms with Gasteiger partial charge in [-0.1, -0.05) is 0 Å². The van der Waals surface area contributed by atoms with Crippen LogP contribution in [0.3, 0.4) is 0 Å². The Morgan fingerprint density at radius 1 is 0.632 bits per heavy atom. The van der Waals surface area contributed by atoms with Gasteiger partial charge in [0.05, 0.1) is 0 Å². The van der Waals surface area contributed by atoms with Crippen molar-refractivity contribution < 1.29 is 39.5 Å². The van der Waals surface area contributed by atoms with Gasteiger partial charge in [-0.3, -0.25) is 0 Å². The number of alkyl halides is 2. The van der Waals surface area contributed by atoms with Crippen molar-refractivity contribution in [2.24, 2.45) is 0 Å². The highest BCUT2D eigenvalue weighted by Crippen LogP contribution is 2.51. The van der Waals surface area contributed by atoms with Crippen LogP contribution in [0, 0.1) is 0 Å². The summed E-state index contributed by atoms with van der Waals surface area (Å²) in [7, 11) is 0. The van der Waals surface area contributed by atoms with Gasteiger partial charge in [0.2, 0.25) is 29.3 Å². The summed E-state index contributed by atoms with van der Waals surface area (Å²) in [6.07, 6.45) is 0. The first kappa shape index (κ1) is 13.6. The number of hydrogen-bond donors (Lipinski definition) is 0. The molecule has 0 amide bonds. The minimum absolute atomic E-state index is 1.44. The van der Waals surface area contributed by atoms with Crippen LogP contribution >= 0.6 is 0 Å². The zero-order chi connectivity index (χ0) is 14.7. The molecular weight excluding hydrogens is 293 g/mol. The predicted octanol–water partition coefficient (Wildman–Crippen LogP) is 4.50. The van der Waals surface area contributed by atoms with Crippen LogP contribution < -0.4 is 0 Å². The van der Waals surface area contributed by atoms with Crippen molar-refractivity contribution in [3.05, 3.63) is 46.6 Å². The SMILES string of the molecule is FC1=C(F)C2=C(F)C(F)=C(F)C(F)(F)N2C(F)=C1F. The summed E-state index contributed by atoms with van der Waals surface area (Å²) >= 11 is 0. The molecule has 0 radical (unpaired) electrons. The molecule has 2 aliphatic heterocycles. The van der Waals surface area contributed by atoms with E-state index in [1.807, 2.05) is 0 Å². The molecular formula is C9F9N. The third kappa shape index (κ3) is 1.51. The van der Waals surface area contributed by atoms with Crippen molar-refractivity contribution in [3.8, 4) is 0 Å². The zero-order valence-electron chi connectivity index (χ0n) is 8.35. The van der Waals surface area contributed by atoms with E-state index in [0.29, 0.717) is 0 Å². The van der Waals surface area contributed by atoms with Gasteiger partial charge in [0.15, 0.2) is 11.7 Å². The third-order valence-corrected chi connectivity index (χ3v) is 2.33. The molecule has 19 heavy (non-hydrogen) atoms. The molecule has 1 nitrogen and oxygen atoms in total. The molecule has 0 spiro atoms. The van der Waals surface area contributed by atoms with Gasteiger partial charge < -0.3 is 0 Å². The van der Waals surface area contributed by atoms with Gasteiger partial charge in [-0.15, -0.1) is 0 Å². The molecule has 0 aromatic carbocycles. The largest absolute Gasteiger partial charge is 0.387 e. The van der Waals surface area contributed by atoms with E-state index in [2.05, 4.69) is 0 Å². The summed E-state index contributed by atoms with van der Waals surface area (Å²) < 4.78 is 117. The van der Waals surface area contributed by atoms with E-state index in [1.54, 1.807) is 0 Å². The molecule has 2 aliphatic rings. The van der Waals surface area contributed by atoms with E-state index < -0.39 is 57.6 Å². The molecule has 10 heteroatoms. The van der Waals surface area contributed by atoms with Crippen molar-refractivity contribution in [1.82, 2.24) is 4.90 Å². The third-order valence-electron chi connectivity index (χ3n) is 2.33. The molecule has 0 saturated carbocycles. The smallest absolute Gasteiger partial charge is 0.243 e. The maximum Gasteiger partial charge on any atom is 0.387 e. The van der Waals surface area contributed by atoms with Gasteiger partial charge in [0.1, 0.15) is 5.70 Å². The number of rotatable bonds is 0. The minimum atomic E-state index is -5.24. The van der Waals surface area contributed by atoms with Crippen LogP contribution in [-0.4, -0.2) is 10.9 Å².